The van der Waals surface area contributed by atoms with Crippen LogP contribution in [0.5, 0.6) is 0 Å². The third-order valence-electron chi connectivity index (χ3n) is 5.63. The van der Waals surface area contributed by atoms with Crippen molar-refractivity contribution in [1.82, 2.24) is 34.3 Å². The summed E-state index contributed by atoms with van der Waals surface area (Å²) in [6.07, 6.45) is 7.03. The fourth-order valence-corrected chi connectivity index (χ4v) is 3.79. The van der Waals surface area contributed by atoms with Crippen LogP contribution < -0.4 is 4.90 Å². The number of carbonyl (C=O) groups is 1. The highest BCUT2D eigenvalue weighted by Crippen LogP contribution is 2.22. The summed E-state index contributed by atoms with van der Waals surface area (Å²) in [6.45, 7) is 5.77. The molecule has 0 radical (unpaired) electrons. The predicted molar refractivity (Wildman–Crippen MR) is 117 cm³/mol. The van der Waals surface area contributed by atoms with Gasteiger partial charge in [0.15, 0.2) is 23.1 Å². The van der Waals surface area contributed by atoms with Gasteiger partial charge in [-0.2, -0.15) is 5.10 Å². The predicted octanol–water partition coefficient (Wildman–Crippen LogP) is 1.80. The molecule has 5 heterocycles. The molecule has 9 nitrogen and oxygen atoms in total. The van der Waals surface area contributed by atoms with Gasteiger partial charge in [0.2, 0.25) is 0 Å². The van der Waals surface area contributed by atoms with Crippen molar-refractivity contribution in [2.24, 2.45) is 0 Å². The van der Waals surface area contributed by atoms with Crippen molar-refractivity contribution in [3.05, 3.63) is 65.9 Å². The van der Waals surface area contributed by atoms with Gasteiger partial charge in [0, 0.05) is 50.8 Å². The monoisotopic (exact) mass is 416 g/mol. The van der Waals surface area contributed by atoms with Crippen molar-refractivity contribution in [1.29, 1.82) is 0 Å². The van der Waals surface area contributed by atoms with Crippen LogP contribution in [0.15, 0.2) is 49.1 Å². The molecule has 5 rings (SSSR count). The van der Waals surface area contributed by atoms with Crippen molar-refractivity contribution in [3.8, 4) is 5.82 Å². The van der Waals surface area contributed by atoms with E-state index in [0.29, 0.717) is 17.0 Å². The van der Waals surface area contributed by atoms with Crippen LogP contribution in [0, 0.1) is 6.92 Å². The second kappa shape index (κ2) is 7.92. The number of likely N-dealkylation sites (N-methyl/N-ethyl adjacent to an activating group) is 1. The van der Waals surface area contributed by atoms with Gasteiger partial charge in [-0.25, -0.2) is 19.2 Å². The van der Waals surface area contributed by atoms with Crippen LogP contribution in [0.25, 0.3) is 11.5 Å². The second-order valence-electron chi connectivity index (χ2n) is 7.94. The van der Waals surface area contributed by atoms with Crippen molar-refractivity contribution in [2.45, 2.75) is 13.3 Å². The van der Waals surface area contributed by atoms with E-state index < -0.39 is 0 Å². The first-order chi connectivity index (χ1) is 15.1. The van der Waals surface area contributed by atoms with E-state index in [-0.39, 0.29) is 12.2 Å². The molecule has 0 unspecified atom stereocenters. The number of nitrogens with zero attached hydrogens (tertiary/aromatic N) is 8. The number of ketones is 1. The van der Waals surface area contributed by atoms with Gasteiger partial charge < -0.3 is 9.80 Å². The Labute approximate surface area is 179 Å². The van der Waals surface area contributed by atoms with Crippen LogP contribution in [0.3, 0.4) is 0 Å². The number of Topliss-reactive ketones (excluding diaryl/α,β-unsaturated/α-hetero) is 1. The molecule has 0 aromatic carbocycles. The Morgan fingerprint density at radius 1 is 1.06 bits per heavy atom. The van der Waals surface area contributed by atoms with E-state index in [0.717, 1.165) is 43.3 Å². The van der Waals surface area contributed by atoms with Gasteiger partial charge in [-0.1, -0.05) is 6.07 Å². The average molecular weight is 416 g/mol. The summed E-state index contributed by atoms with van der Waals surface area (Å²) in [5.74, 6) is 1.52. The molecule has 1 saturated heterocycles. The van der Waals surface area contributed by atoms with Crippen molar-refractivity contribution >= 4 is 17.2 Å². The Morgan fingerprint density at radius 3 is 2.68 bits per heavy atom. The lowest BCUT2D eigenvalue weighted by Gasteiger charge is -2.32. The summed E-state index contributed by atoms with van der Waals surface area (Å²) in [5, 5.41) is 9.07. The Balaban J connectivity index is 1.50. The summed E-state index contributed by atoms with van der Waals surface area (Å²) in [5.41, 5.74) is 2.94. The minimum Gasteiger partial charge on any atom is -0.353 e. The highest BCUT2D eigenvalue weighted by atomic mass is 16.1. The normalized spacial score (nSPS) is 15.0. The van der Waals surface area contributed by atoms with E-state index in [1.54, 1.807) is 33.9 Å². The number of fused-ring (bicyclic) bond motifs is 1. The molecule has 0 aliphatic carbocycles. The molecule has 1 aliphatic rings. The Kier molecular flexibility index (Phi) is 4.95. The molecule has 0 N–H and O–H groups in total. The SMILES string of the molecule is Cc1ccc(-n2nc(N3CCN(C)CC3)cc2CC(=O)c2cnn3cccnc23)nc1. The standard InChI is InChI=1S/C22H24N8O/c1-16-4-5-20(24-14-16)30-17(13-21(26-30)28-10-8-27(2)9-11-28)12-19(31)18-15-25-29-7-3-6-23-22(18)29/h3-7,13-15H,8-12H2,1-2H3. The molecule has 0 atom stereocenters. The highest BCUT2D eigenvalue weighted by molar-refractivity contribution is 6.02. The smallest absolute Gasteiger partial charge is 0.174 e. The third kappa shape index (κ3) is 3.79. The fraction of sp³-hybridized carbons (Fsp3) is 0.318. The van der Waals surface area contributed by atoms with Gasteiger partial charge in [-0.3, -0.25) is 4.79 Å². The summed E-state index contributed by atoms with van der Waals surface area (Å²) in [6, 6.07) is 7.72. The van der Waals surface area contributed by atoms with E-state index in [9.17, 15) is 4.79 Å². The number of aromatic nitrogens is 6. The maximum atomic E-state index is 13.2. The molecule has 1 fully saturated rings. The zero-order valence-corrected chi connectivity index (χ0v) is 17.6. The lowest BCUT2D eigenvalue weighted by atomic mass is 10.1. The van der Waals surface area contributed by atoms with Crippen LogP contribution in [-0.4, -0.2) is 73.3 Å². The minimum absolute atomic E-state index is 0.0492. The number of carbonyl (C=O) groups excluding carboxylic acids is 1. The molecule has 158 valence electrons. The average Bonchev–Trinajstić information content (AvgIpc) is 3.39. The van der Waals surface area contributed by atoms with Gasteiger partial charge in [0.1, 0.15) is 0 Å². The van der Waals surface area contributed by atoms with Crippen LogP contribution in [-0.2, 0) is 6.42 Å². The Hall–Kier alpha value is -3.59. The summed E-state index contributed by atoms with van der Waals surface area (Å²) in [7, 11) is 2.13. The lowest BCUT2D eigenvalue weighted by Crippen LogP contribution is -2.44. The van der Waals surface area contributed by atoms with Crippen LogP contribution in [0.2, 0.25) is 0 Å². The lowest BCUT2D eigenvalue weighted by molar-refractivity contribution is 0.0992. The molecule has 0 saturated carbocycles. The van der Waals surface area contributed by atoms with Crippen molar-refractivity contribution in [3.63, 3.8) is 0 Å². The Bertz CT molecular complexity index is 1220. The summed E-state index contributed by atoms with van der Waals surface area (Å²) < 4.78 is 3.39. The van der Waals surface area contributed by atoms with Gasteiger partial charge >= 0.3 is 0 Å². The first kappa shape index (κ1) is 19.4. The number of hydrogen-bond donors (Lipinski definition) is 0. The first-order valence-electron chi connectivity index (χ1n) is 10.4. The molecule has 9 heteroatoms. The molecular formula is C22H24N8O. The number of rotatable bonds is 5. The molecule has 0 bridgehead atoms. The van der Waals surface area contributed by atoms with E-state index in [4.69, 9.17) is 5.10 Å². The first-order valence-corrected chi connectivity index (χ1v) is 10.4. The molecule has 4 aromatic rings. The largest absolute Gasteiger partial charge is 0.353 e. The molecular weight excluding hydrogens is 392 g/mol. The summed E-state index contributed by atoms with van der Waals surface area (Å²) >= 11 is 0. The minimum atomic E-state index is -0.0492. The molecule has 1 aliphatic heterocycles. The van der Waals surface area contributed by atoms with Crippen molar-refractivity contribution in [2.75, 3.05) is 38.1 Å². The molecule has 0 amide bonds. The second-order valence-corrected chi connectivity index (χ2v) is 7.94. The topological polar surface area (TPSA) is 84.5 Å². The maximum Gasteiger partial charge on any atom is 0.174 e. The Morgan fingerprint density at radius 2 is 1.90 bits per heavy atom. The van der Waals surface area contributed by atoms with E-state index >= 15 is 0 Å². The van der Waals surface area contributed by atoms with Gasteiger partial charge in [0.25, 0.3) is 0 Å². The molecule has 31 heavy (non-hydrogen) atoms. The molecule has 0 spiro atoms. The fourth-order valence-electron chi connectivity index (χ4n) is 3.79. The zero-order valence-electron chi connectivity index (χ0n) is 17.6. The molecule has 4 aromatic heterocycles. The van der Waals surface area contributed by atoms with Crippen molar-refractivity contribution < 1.29 is 4.79 Å². The van der Waals surface area contributed by atoms with Gasteiger partial charge in [-0.05, 0) is 31.7 Å². The summed E-state index contributed by atoms with van der Waals surface area (Å²) in [4.78, 5) is 26.6. The van der Waals surface area contributed by atoms with Crippen LogP contribution in [0.4, 0.5) is 5.82 Å². The van der Waals surface area contributed by atoms with E-state index in [2.05, 4.69) is 31.9 Å². The number of hydrogen-bond acceptors (Lipinski definition) is 7. The highest BCUT2D eigenvalue weighted by Gasteiger charge is 2.22. The maximum absolute atomic E-state index is 13.2. The van der Waals surface area contributed by atoms with Gasteiger partial charge in [0.05, 0.1) is 23.9 Å². The van der Waals surface area contributed by atoms with Crippen LogP contribution in [0.1, 0.15) is 21.6 Å². The van der Waals surface area contributed by atoms with E-state index in [1.165, 1.54) is 0 Å². The number of aryl methyl sites for hydroxylation is 1. The number of pyridine rings is 1. The van der Waals surface area contributed by atoms with E-state index in [1.807, 2.05) is 31.3 Å². The number of piperazine rings is 1. The van der Waals surface area contributed by atoms with Crippen LogP contribution >= 0.6 is 0 Å². The quantitative estimate of drug-likeness (QED) is 0.459. The van der Waals surface area contributed by atoms with Gasteiger partial charge in [-0.15, -0.1) is 5.10 Å². The zero-order chi connectivity index (χ0) is 21.4. The third-order valence-corrected chi connectivity index (χ3v) is 5.63. The number of anilines is 1.